The van der Waals surface area contributed by atoms with Crippen molar-refractivity contribution in [3.63, 3.8) is 0 Å². The Morgan fingerprint density at radius 2 is 1.95 bits per heavy atom. The van der Waals surface area contributed by atoms with E-state index in [1.54, 1.807) is 11.1 Å². The molecule has 39 heavy (non-hydrogen) atoms. The van der Waals surface area contributed by atoms with Crippen LogP contribution < -0.4 is 15.1 Å². The lowest BCUT2D eigenvalue weighted by Gasteiger charge is -2.47. The minimum atomic E-state index is -3.05. The quantitative estimate of drug-likeness (QED) is 0.438. The van der Waals surface area contributed by atoms with Crippen LogP contribution in [-0.4, -0.2) is 90.4 Å². The Morgan fingerprint density at radius 3 is 2.62 bits per heavy atom. The maximum Gasteiger partial charge on any atom is 0.233 e. The third kappa shape index (κ3) is 5.74. The van der Waals surface area contributed by atoms with E-state index in [0.29, 0.717) is 37.2 Å². The van der Waals surface area contributed by atoms with Gasteiger partial charge in [0.25, 0.3) is 0 Å². The Morgan fingerprint density at radius 1 is 1.15 bits per heavy atom. The summed E-state index contributed by atoms with van der Waals surface area (Å²) in [6, 6.07) is 2.01. The van der Waals surface area contributed by atoms with Crippen molar-refractivity contribution in [1.29, 1.82) is 0 Å². The number of nitrogens with zero attached hydrogens (tertiary/aromatic N) is 7. The molecule has 3 aromatic rings. The number of piperidine rings is 1. The van der Waals surface area contributed by atoms with Crippen LogP contribution in [0.2, 0.25) is 0 Å². The molecule has 4 atom stereocenters. The van der Waals surface area contributed by atoms with Crippen molar-refractivity contribution < 1.29 is 17.5 Å². The molecule has 5 heterocycles. The van der Waals surface area contributed by atoms with Crippen molar-refractivity contribution in [2.75, 3.05) is 53.9 Å². The van der Waals surface area contributed by atoms with E-state index in [1.165, 1.54) is 19.7 Å². The molecule has 210 valence electrons. The summed E-state index contributed by atoms with van der Waals surface area (Å²) in [5, 5.41) is 5.08. The first-order valence-electron chi connectivity index (χ1n) is 13.1. The van der Waals surface area contributed by atoms with E-state index in [2.05, 4.69) is 44.0 Å². The molecule has 0 bridgehead atoms. The number of aromatic nitrogens is 5. The first-order valence-corrected chi connectivity index (χ1v) is 15.2. The van der Waals surface area contributed by atoms with E-state index in [9.17, 15) is 12.8 Å². The lowest BCUT2D eigenvalue weighted by molar-refractivity contribution is 0.0194. The van der Waals surface area contributed by atoms with E-state index in [4.69, 9.17) is 9.72 Å². The number of halogens is 1. The topological polar surface area (TPSA) is 126 Å². The zero-order valence-electron chi connectivity index (χ0n) is 22.9. The van der Waals surface area contributed by atoms with Gasteiger partial charge in [0.2, 0.25) is 11.9 Å². The highest BCUT2D eigenvalue weighted by Crippen LogP contribution is 2.38. The summed E-state index contributed by atoms with van der Waals surface area (Å²) in [4.78, 5) is 26.3. The molecule has 0 aromatic carbocycles. The number of nitrogens with one attached hydrogen (secondary N) is 1. The molecule has 2 saturated heterocycles. The maximum atomic E-state index is 14.4. The fourth-order valence-corrected chi connectivity index (χ4v) is 6.55. The number of ether oxygens (including phenoxy) is 1. The molecular weight excluding hydrogens is 523 g/mol. The number of hydrogen-bond acceptors (Lipinski definition) is 11. The van der Waals surface area contributed by atoms with Crippen LogP contribution in [0.25, 0.3) is 10.8 Å². The van der Waals surface area contributed by atoms with E-state index in [-0.39, 0.29) is 30.2 Å². The van der Waals surface area contributed by atoms with Crippen LogP contribution in [0.5, 0.6) is 0 Å². The smallest absolute Gasteiger partial charge is 0.233 e. The highest BCUT2D eigenvalue weighted by Gasteiger charge is 2.39. The normalized spacial score (nSPS) is 23.8. The molecule has 0 unspecified atom stereocenters. The van der Waals surface area contributed by atoms with Crippen molar-refractivity contribution in [3.05, 3.63) is 30.4 Å². The molecule has 0 amide bonds. The van der Waals surface area contributed by atoms with Gasteiger partial charge in [0, 0.05) is 56.2 Å². The lowest BCUT2D eigenvalue weighted by atomic mass is 9.90. The number of pyridine rings is 2. The van der Waals surface area contributed by atoms with Crippen molar-refractivity contribution in [2.45, 2.75) is 51.4 Å². The van der Waals surface area contributed by atoms with E-state index < -0.39 is 22.1 Å². The Kier molecular flexibility index (Phi) is 7.55. The van der Waals surface area contributed by atoms with Gasteiger partial charge in [0.1, 0.15) is 34.0 Å². The molecular formula is C26H35FN8O3S. The molecule has 5 rings (SSSR count). The molecule has 3 aromatic heterocycles. The van der Waals surface area contributed by atoms with Gasteiger partial charge < -0.3 is 19.9 Å². The van der Waals surface area contributed by atoms with E-state index in [0.717, 1.165) is 22.2 Å². The summed E-state index contributed by atoms with van der Waals surface area (Å²) in [6.07, 6.45) is 5.38. The van der Waals surface area contributed by atoms with Gasteiger partial charge in [-0.2, -0.15) is 4.98 Å². The number of sulfone groups is 1. The van der Waals surface area contributed by atoms with Crippen LogP contribution in [0.15, 0.2) is 24.8 Å². The minimum absolute atomic E-state index is 0.0552. The summed E-state index contributed by atoms with van der Waals surface area (Å²) >= 11 is 0. The molecule has 0 spiro atoms. The Bertz CT molecular complexity index is 1460. The summed E-state index contributed by atoms with van der Waals surface area (Å²) in [7, 11) is -1.52. The highest BCUT2D eigenvalue weighted by molar-refractivity contribution is 7.90. The van der Waals surface area contributed by atoms with Crippen molar-refractivity contribution in [2.24, 2.45) is 5.92 Å². The minimum Gasteiger partial charge on any atom is -0.378 e. The molecule has 2 fully saturated rings. The van der Waals surface area contributed by atoms with Crippen LogP contribution in [0, 0.1) is 5.92 Å². The summed E-state index contributed by atoms with van der Waals surface area (Å²) in [5.74, 6) is 2.54. The van der Waals surface area contributed by atoms with Crippen LogP contribution in [0.1, 0.15) is 38.7 Å². The largest absolute Gasteiger partial charge is 0.378 e. The molecule has 11 nitrogen and oxygen atoms in total. The summed E-state index contributed by atoms with van der Waals surface area (Å²) < 4.78 is 43.2. The third-order valence-electron chi connectivity index (χ3n) is 7.66. The lowest BCUT2D eigenvalue weighted by Crippen LogP contribution is -2.57. The molecule has 1 N–H and O–H groups in total. The Labute approximate surface area is 228 Å². The van der Waals surface area contributed by atoms with Gasteiger partial charge in [0.15, 0.2) is 0 Å². The number of alkyl halides is 1. The molecule has 2 aliphatic heterocycles. The standard InChI is InChI=1S/C26H35FN8O3S/c1-15(2)19-9-29-24(35-11-17(16(35)3)13-39(5,36)37)20-10-28-23(8-18(19)20)32-25-30-14-31-26(33-25)34-7-6-22(38-4)21(27)12-34/h8-10,14-17,21-22H,6-7,11-13H2,1-5H3,(H,28,30,31,32,33)/t16-,17-,21-,22+/m0/s1. The first-order chi connectivity index (χ1) is 18.5. The number of methoxy groups -OCH3 is 1. The van der Waals surface area contributed by atoms with Crippen LogP contribution in [-0.2, 0) is 14.6 Å². The fraction of sp³-hybridized carbons (Fsp3) is 0.577. The maximum absolute atomic E-state index is 14.4. The monoisotopic (exact) mass is 558 g/mol. The second-order valence-electron chi connectivity index (χ2n) is 10.8. The van der Waals surface area contributed by atoms with E-state index in [1.807, 2.05) is 19.2 Å². The molecule has 13 heteroatoms. The summed E-state index contributed by atoms with van der Waals surface area (Å²) in [6.45, 7) is 7.64. The predicted octanol–water partition coefficient (Wildman–Crippen LogP) is 3.11. The fourth-order valence-electron chi connectivity index (χ4n) is 5.39. The van der Waals surface area contributed by atoms with Crippen molar-refractivity contribution >= 4 is 44.1 Å². The van der Waals surface area contributed by atoms with Gasteiger partial charge in [-0.25, -0.2) is 32.7 Å². The van der Waals surface area contributed by atoms with Crippen molar-refractivity contribution in [3.8, 4) is 0 Å². The Balaban J connectivity index is 1.40. The van der Waals surface area contributed by atoms with Crippen LogP contribution in [0.4, 0.5) is 27.9 Å². The second kappa shape index (κ2) is 10.8. The molecule has 0 radical (unpaired) electrons. The molecule has 0 aliphatic carbocycles. The second-order valence-corrected chi connectivity index (χ2v) is 13.0. The van der Waals surface area contributed by atoms with E-state index >= 15 is 0 Å². The van der Waals surface area contributed by atoms with Gasteiger partial charge >= 0.3 is 0 Å². The zero-order valence-corrected chi connectivity index (χ0v) is 23.7. The zero-order chi connectivity index (χ0) is 27.9. The number of rotatable bonds is 8. The number of anilines is 4. The van der Waals surface area contributed by atoms with Crippen molar-refractivity contribution in [1.82, 2.24) is 24.9 Å². The average Bonchev–Trinajstić information content (AvgIpc) is 2.89. The third-order valence-corrected chi connectivity index (χ3v) is 8.70. The number of fused-ring (bicyclic) bond motifs is 1. The highest BCUT2D eigenvalue weighted by atomic mass is 32.2. The van der Waals surface area contributed by atoms with Gasteiger partial charge in [-0.1, -0.05) is 13.8 Å². The Hall–Kier alpha value is -3.19. The van der Waals surface area contributed by atoms with Crippen LogP contribution in [0.3, 0.4) is 0 Å². The van der Waals surface area contributed by atoms with Gasteiger partial charge in [-0.05, 0) is 36.3 Å². The van der Waals surface area contributed by atoms with Crippen LogP contribution >= 0.6 is 0 Å². The molecule has 2 aliphatic rings. The van der Waals surface area contributed by atoms with Gasteiger partial charge in [0.05, 0.1) is 18.4 Å². The van der Waals surface area contributed by atoms with Gasteiger partial charge in [-0.15, -0.1) is 0 Å². The SMILES string of the molecule is CO[C@@H]1CCN(c2ncnc(Nc3cc4c(C(C)C)cnc(N5C[C@@H](CS(C)(=O)=O)[C@@H]5C)c4cn3)n2)C[C@@H]1F. The summed E-state index contributed by atoms with van der Waals surface area (Å²) in [5.41, 5.74) is 1.08. The number of hydrogen-bond donors (Lipinski definition) is 1. The first kappa shape index (κ1) is 27.4. The predicted molar refractivity (Wildman–Crippen MR) is 149 cm³/mol. The average molecular weight is 559 g/mol. The molecule has 0 saturated carbocycles. The van der Waals surface area contributed by atoms with Gasteiger partial charge in [-0.3, -0.25) is 0 Å².